The van der Waals surface area contributed by atoms with Gasteiger partial charge in [-0.1, -0.05) is 46.4 Å². The minimum atomic E-state index is -0.703. The lowest BCUT2D eigenvalue weighted by Crippen LogP contribution is -2.35. The van der Waals surface area contributed by atoms with Gasteiger partial charge >= 0.3 is 0 Å². The van der Waals surface area contributed by atoms with Gasteiger partial charge in [0.2, 0.25) is 0 Å². The van der Waals surface area contributed by atoms with Crippen LogP contribution in [0.4, 0.5) is 4.39 Å². The van der Waals surface area contributed by atoms with E-state index in [2.05, 4.69) is 20.3 Å². The van der Waals surface area contributed by atoms with Crippen molar-refractivity contribution in [1.29, 1.82) is 0 Å². The van der Waals surface area contributed by atoms with Crippen molar-refractivity contribution in [1.82, 2.24) is 15.4 Å². The van der Waals surface area contributed by atoms with Gasteiger partial charge in [-0.05, 0) is 92.2 Å². The van der Waals surface area contributed by atoms with Crippen LogP contribution in [0.5, 0.6) is 27.6 Å². The van der Waals surface area contributed by atoms with Crippen molar-refractivity contribution in [3.63, 3.8) is 0 Å². The lowest BCUT2D eigenvalue weighted by molar-refractivity contribution is -0.137. The smallest absolute Gasteiger partial charge is 0.284 e. The Labute approximate surface area is 276 Å². The summed E-state index contributed by atoms with van der Waals surface area (Å²) in [5.74, 6) is 1.22. The maximum atomic E-state index is 13.2. The number of ether oxygens (including phenoxy) is 3. The van der Waals surface area contributed by atoms with E-state index >= 15 is 0 Å². The Morgan fingerprint density at radius 1 is 0.826 bits per heavy atom. The number of nitrogens with one attached hydrogen (secondary N) is 1. The van der Waals surface area contributed by atoms with Gasteiger partial charge in [0.05, 0.1) is 27.5 Å². The number of Topliss-reactive ketones (excluding diaryl/α,β-unsaturated/α-hetero) is 1. The second kappa shape index (κ2) is 15.1. The molecule has 6 rings (SSSR count). The Balaban J connectivity index is 0.000000184. The first kappa shape index (κ1) is 32.8. The highest BCUT2D eigenvalue weighted by Crippen LogP contribution is 2.34. The molecular weight excluding hydrogens is 653 g/mol. The van der Waals surface area contributed by atoms with E-state index in [4.69, 9.17) is 25.8 Å². The number of aromatic nitrogens is 2. The number of carbonyl (C=O) groups excluding carboxylic acids is 2. The zero-order valence-electron chi connectivity index (χ0n) is 24.8. The van der Waals surface area contributed by atoms with E-state index < -0.39 is 6.10 Å². The minimum absolute atomic E-state index is 0.145. The summed E-state index contributed by atoms with van der Waals surface area (Å²) in [6.07, 6.45) is -0.259. The first-order chi connectivity index (χ1) is 22.1. The normalized spacial score (nSPS) is 11.4. The number of carbonyl (C=O) groups is 2. The monoisotopic (exact) mass is 679 g/mol. The zero-order valence-corrected chi connectivity index (χ0v) is 27.2. The standard InChI is InChI=1S/C17H15FN2O4S.C16H12ClNO2S/c1-10(16(21)20-22-2)23-12-4-6-13(7-5-12)24-17-19-14-8-3-11(18)9-15(14)25-17;1-10(19)8-11-2-5-13(6-3-11)20-16-18-14-7-4-12(17)9-15(14)21-16/h3-10H,1-2H3,(H,20,21);2-7,9H,8H2,1H3/t10-;/m1./s1. The molecule has 0 bridgehead atoms. The van der Waals surface area contributed by atoms with Gasteiger partial charge in [0.25, 0.3) is 16.3 Å². The van der Waals surface area contributed by atoms with Crippen LogP contribution in [0.3, 0.4) is 0 Å². The van der Waals surface area contributed by atoms with Gasteiger partial charge in [0.1, 0.15) is 28.8 Å². The molecule has 0 fully saturated rings. The summed E-state index contributed by atoms with van der Waals surface area (Å²) in [5, 5.41) is 1.68. The van der Waals surface area contributed by atoms with Crippen LogP contribution in [0, 0.1) is 5.82 Å². The van der Waals surface area contributed by atoms with Gasteiger partial charge in [-0.15, -0.1) is 0 Å². The highest BCUT2D eigenvalue weighted by molar-refractivity contribution is 7.20. The lowest BCUT2D eigenvalue weighted by Gasteiger charge is -2.13. The summed E-state index contributed by atoms with van der Waals surface area (Å²) < 4.78 is 31.8. The molecule has 6 aromatic rings. The summed E-state index contributed by atoms with van der Waals surface area (Å²) in [6.45, 7) is 3.19. The first-order valence-electron chi connectivity index (χ1n) is 13.8. The van der Waals surface area contributed by atoms with Crippen LogP contribution in [-0.2, 0) is 20.8 Å². The van der Waals surface area contributed by atoms with Crippen molar-refractivity contribution in [2.24, 2.45) is 0 Å². The molecule has 1 N–H and O–H groups in total. The number of hydrogen-bond acceptors (Lipinski definition) is 10. The Morgan fingerprint density at radius 3 is 1.96 bits per heavy atom. The van der Waals surface area contributed by atoms with Gasteiger partial charge in [0, 0.05) is 11.4 Å². The second-order valence-corrected chi connectivity index (χ2v) is 12.2. The Hall–Kier alpha value is -4.62. The van der Waals surface area contributed by atoms with Crippen molar-refractivity contribution in [3.05, 3.63) is 101 Å². The van der Waals surface area contributed by atoms with Gasteiger partial charge in [-0.3, -0.25) is 14.4 Å². The van der Waals surface area contributed by atoms with Gasteiger partial charge in [-0.2, -0.15) is 0 Å². The molecule has 2 heterocycles. The Bertz CT molecular complexity index is 1960. The fourth-order valence-corrected chi connectivity index (χ4v) is 6.00. The number of rotatable bonds is 10. The van der Waals surface area contributed by atoms with Crippen LogP contribution < -0.4 is 19.7 Å². The van der Waals surface area contributed by atoms with Crippen LogP contribution in [0.15, 0.2) is 84.9 Å². The fourth-order valence-electron chi connectivity index (χ4n) is 4.03. The molecule has 0 aliphatic heterocycles. The largest absolute Gasteiger partial charge is 0.481 e. The van der Waals surface area contributed by atoms with E-state index in [-0.39, 0.29) is 17.5 Å². The highest BCUT2D eigenvalue weighted by Gasteiger charge is 2.14. The molecule has 0 saturated heterocycles. The van der Waals surface area contributed by atoms with Gasteiger partial charge in [-0.25, -0.2) is 19.8 Å². The van der Waals surface area contributed by atoms with Crippen molar-refractivity contribution in [2.45, 2.75) is 26.4 Å². The average Bonchev–Trinajstić information content (AvgIpc) is 3.61. The number of thiazole rings is 2. The third kappa shape index (κ3) is 8.98. The van der Waals surface area contributed by atoms with Crippen molar-refractivity contribution < 1.29 is 33.0 Å². The molecule has 2 aromatic heterocycles. The van der Waals surface area contributed by atoms with E-state index in [9.17, 15) is 14.0 Å². The third-order valence-corrected chi connectivity index (χ3v) is 8.18. The minimum Gasteiger partial charge on any atom is -0.481 e. The summed E-state index contributed by atoms with van der Waals surface area (Å²) in [7, 11) is 1.35. The zero-order chi connectivity index (χ0) is 32.6. The molecule has 1 amide bonds. The van der Waals surface area contributed by atoms with Crippen molar-refractivity contribution in [2.75, 3.05) is 7.11 Å². The van der Waals surface area contributed by atoms with Gasteiger partial charge < -0.3 is 14.2 Å². The summed E-state index contributed by atoms with van der Waals surface area (Å²) >= 11 is 8.67. The molecule has 1 atom stereocenters. The number of fused-ring (bicyclic) bond motifs is 2. The number of ketones is 1. The third-order valence-electron chi connectivity index (χ3n) is 6.16. The summed E-state index contributed by atoms with van der Waals surface area (Å²) in [4.78, 5) is 35.9. The molecule has 0 unspecified atom stereocenters. The van der Waals surface area contributed by atoms with E-state index in [1.807, 2.05) is 42.5 Å². The molecule has 9 nitrogen and oxygen atoms in total. The molecule has 0 aliphatic carbocycles. The van der Waals surface area contributed by atoms with E-state index in [1.54, 1.807) is 44.2 Å². The predicted octanol–water partition coefficient (Wildman–Crippen LogP) is 8.55. The lowest BCUT2D eigenvalue weighted by atomic mass is 10.1. The Morgan fingerprint density at radius 2 is 1.37 bits per heavy atom. The van der Waals surface area contributed by atoms with Crippen molar-refractivity contribution >= 4 is 66.4 Å². The molecule has 0 radical (unpaired) electrons. The average molecular weight is 680 g/mol. The molecular formula is C33H27ClFN3O6S2. The molecule has 13 heteroatoms. The summed E-state index contributed by atoms with van der Waals surface area (Å²) in [6, 6.07) is 24.2. The number of nitrogens with zero attached hydrogens (tertiary/aromatic N) is 2. The van der Waals surface area contributed by atoms with Crippen LogP contribution in [-0.4, -0.2) is 34.9 Å². The van der Waals surface area contributed by atoms with E-state index in [0.29, 0.717) is 49.3 Å². The molecule has 0 saturated carbocycles. The maximum Gasteiger partial charge on any atom is 0.284 e. The fraction of sp³-hybridized carbons (Fsp3) is 0.152. The Kier molecular flexibility index (Phi) is 10.8. The van der Waals surface area contributed by atoms with Crippen LogP contribution in [0.25, 0.3) is 20.4 Å². The van der Waals surface area contributed by atoms with Crippen LogP contribution in [0.2, 0.25) is 5.02 Å². The highest BCUT2D eigenvalue weighted by atomic mass is 35.5. The number of hydroxylamine groups is 1. The summed E-state index contributed by atoms with van der Waals surface area (Å²) in [5.41, 5.74) is 4.73. The topological polar surface area (TPSA) is 109 Å². The SMILES string of the molecule is CC(=O)Cc1ccc(Oc2nc3ccc(Cl)cc3s2)cc1.CONC(=O)[C@@H](C)Oc1ccc(Oc2nc3ccc(F)cc3s2)cc1. The number of hydrogen-bond donors (Lipinski definition) is 1. The molecule has 4 aromatic carbocycles. The van der Waals surface area contributed by atoms with Crippen LogP contribution in [0.1, 0.15) is 19.4 Å². The van der Waals surface area contributed by atoms with Crippen molar-refractivity contribution in [3.8, 4) is 27.6 Å². The molecule has 0 spiro atoms. The molecule has 236 valence electrons. The van der Waals surface area contributed by atoms with E-state index in [1.165, 1.54) is 41.9 Å². The van der Waals surface area contributed by atoms with Crippen LogP contribution >= 0.6 is 34.3 Å². The predicted molar refractivity (Wildman–Crippen MR) is 177 cm³/mol. The quantitative estimate of drug-likeness (QED) is 0.144. The molecule has 0 aliphatic rings. The number of halogens is 2. The second-order valence-electron chi connectivity index (χ2n) is 9.81. The first-order valence-corrected chi connectivity index (χ1v) is 15.8. The maximum absolute atomic E-state index is 13.2. The molecule has 46 heavy (non-hydrogen) atoms. The number of amides is 1. The number of benzene rings is 4. The van der Waals surface area contributed by atoms with Gasteiger partial charge in [0.15, 0.2) is 6.10 Å². The van der Waals surface area contributed by atoms with E-state index in [0.717, 1.165) is 15.8 Å².